The second-order valence-corrected chi connectivity index (χ2v) is 4.00. The summed E-state index contributed by atoms with van der Waals surface area (Å²) in [5.74, 6) is -0.113. The Bertz CT molecular complexity index is 557. The number of nitrogens with zero attached hydrogens (tertiary/aromatic N) is 4. The van der Waals surface area contributed by atoms with Crippen LogP contribution in [0.4, 0.5) is 5.69 Å². The highest BCUT2D eigenvalue weighted by atomic mass is 16.1. The lowest BCUT2D eigenvalue weighted by Gasteiger charge is -2.05. The largest absolute Gasteiger partial charge is 0.323 e. The third-order valence-corrected chi connectivity index (χ3v) is 2.58. The molecule has 2 aromatic heterocycles. The molecular formula is C10H11N5O. The van der Waals surface area contributed by atoms with Gasteiger partial charge in [0.1, 0.15) is 11.0 Å². The van der Waals surface area contributed by atoms with E-state index in [2.05, 4.69) is 20.6 Å². The van der Waals surface area contributed by atoms with Crippen LogP contribution in [0, 0.1) is 0 Å². The van der Waals surface area contributed by atoms with Crippen LogP contribution in [0.1, 0.15) is 25.8 Å². The molecule has 2 aromatic rings. The number of carbonyl (C=O) groups excluding carboxylic acids is 1. The summed E-state index contributed by atoms with van der Waals surface area (Å²) in [6.45, 7) is 1.48. The molecule has 1 N–H and O–H groups in total. The minimum Gasteiger partial charge on any atom is -0.323 e. The van der Waals surface area contributed by atoms with Gasteiger partial charge in [0.25, 0.3) is 0 Å². The van der Waals surface area contributed by atoms with Crippen LogP contribution in [0.25, 0.3) is 11.0 Å². The summed E-state index contributed by atoms with van der Waals surface area (Å²) in [5.41, 5.74) is 2.27. The van der Waals surface area contributed by atoms with Gasteiger partial charge in [0, 0.05) is 6.92 Å². The predicted molar refractivity (Wildman–Crippen MR) is 57.9 cm³/mol. The molecule has 1 aliphatic carbocycles. The molecule has 1 aliphatic rings. The molecule has 0 radical (unpaired) electrons. The molecule has 0 atom stereocenters. The lowest BCUT2D eigenvalue weighted by molar-refractivity contribution is -0.114. The van der Waals surface area contributed by atoms with Gasteiger partial charge >= 0.3 is 0 Å². The van der Waals surface area contributed by atoms with Crippen LogP contribution in [-0.4, -0.2) is 25.9 Å². The van der Waals surface area contributed by atoms with Gasteiger partial charge in [0.05, 0.1) is 24.1 Å². The Morgan fingerprint density at radius 2 is 2.31 bits per heavy atom. The highest BCUT2D eigenvalue weighted by molar-refractivity contribution is 5.97. The lowest BCUT2D eigenvalue weighted by Crippen LogP contribution is -2.08. The fourth-order valence-corrected chi connectivity index (χ4v) is 1.75. The summed E-state index contributed by atoms with van der Waals surface area (Å²) in [5, 5.41) is 10.9. The van der Waals surface area contributed by atoms with E-state index in [0.717, 1.165) is 23.9 Å². The van der Waals surface area contributed by atoms with Gasteiger partial charge < -0.3 is 5.32 Å². The Morgan fingerprint density at radius 1 is 1.50 bits per heavy atom. The van der Waals surface area contributed by atoms with Crippen LogP contribution in [0.5, 0.6) is 0 Å². The number of anilines is 1. The summed E-state index contributed by atoms with van der Waals surface area (Å²) < 4.78 is 1.88. The lowest BCUT2D eigenvalue weighted by atomic mass is 10.3. The third kappa shape index (κ3) is 1.42. The zero-order valence-corrected chi connectivity index (χ0v) is 8.84. The van der Waals surface area contributed by atoms with Crippen molar-refractivity contribution in [2.45, 2.75) is 25.8 Å². The normalized spacial score (nSPS) is 15.3. The molecule has 1 saturated carbocycles. The van der Waals surface area contributed by atoms with Crippen LogP contribution < -0.4 is 5.32 Å². The molecule has 0 saturated heterocycles. The monoisotopic (exact) mass is 217 g/mol. The van der Waals surface area contributed by atoms with Crippen LogP contribution in [0.2, 0.25) is 0 Å². The molecule has 6 heteroatoms. The molecule has 6 nitrogen and oxygen atoms in total. The molecular weight excluding hydrogens is 206 g/mol. The second-order valence-electron chi connectivity index (χ2n) is 4.00. The van der Waals surface area contributed by atoms with Crippen LogP contribution in [0.15, 0.2) is 12.4 Å². The van der Waals surface area contributed by atoms with E-state index < -0.39 is 0 Å². The van der Waals surface area contributed by atoms with E-state index in [9.17, 15) is 4.79 Å². The summed E-state index contributed by atoms with van der Waals surface area (Å²) in [6.07, 6.45) is 5.54. The average molecular weight is 217 g/mol. The van der Waals surface area contributed by atoms with Crippen LogP contribution in [0.3, 0.4) is 0 Å². The molecule has 0 aliphatic heterocycles. The van der Waals surface area contributed by atoms with Gasteiger partial charge in [0.2, 0.25) is 5.91 Å². The van der Waals surface area contributed by atoms with Crippen molar-refractivity contribution in [3.05, 3.63) is 12.4 Å². The molecule has 16 heavy (non-hydrogen) atoms. The molecule has 3 rings (SSSR count). The van der Waals surface area contributed by atoms with Crippen molar-refractivity contribution in [1.82, 2.24) is 20.0 Å². The predicted octanol–water partition coefficient (Wildman–Crippen LogP) is 1.12. The van der Waals surface area contributed by atoms with Gasteiger partial charge in [-0.25, -0.2) is 4.68 Å². The first-order chi connectivity index (χ1) is 7.75. The van der Waals surface area contributed by atoms with Crippen LogP contribution >= 0.6 is 0 Å². The fraction of sp³-hybridized carbons (Fsp3) is 0.400. The van der Waals surface area contributed by atoms with Gasteiger partial charge in [-0.3, -0.25) is 9.78 Å². The number of carbonyl (C=O) groups is 1. The molecule has 0 spiro atoms. The zero-order chi connectivity index (χ0) is 11.1. The van der Waals surface area contributed by atoms with Crippen molar-refractivity contribution in [1.29, 1.82) is 0 Å². The third-order valence-electron chi connectivity index (χ3n) is 2.58. The zero-order valence-electron chi connectivity index (χ0n) is 8.84. The van der Waals surface area contributed by atoms with E-state index in [1.165, 1.54) is 6.92 Å². The standard InChI is InChI=1S/C10H11N5O/c1-6(16)12-8-4-11-5-9-10(8)15(14-13-9)7-2-3-7/h4-5,7H,2-3H2,1H3,(H,12,16). The molecule has 1 fully saturated rings. The van der Waals surface area contributed by atoms with Crippen molar-refractivity contribution in [3.63, 3.8) is 0 Å². The van der Waals surface area contributed by atoms with E-state index in [1.807, 2.05) is 4.68 Å². The average Bonchev–Trinajstić information content (AvgIpc) is 2.98. The molecule has 1 amide bonds. The van der Waals surface area contributed by atoms with Crippen molar-refractivity contribution in [2.24, 2.45) is 0 Å². The van der Waals surface area contributed by atoms with Crippen molar-refractivity contribution in [2.75, 3.05) is 5.32 Å². The number of amides is 1. The van der Waals surface area contributed by atoms with Gasteiger partial charge in [-0.1, -0.05) is 5.21 Å². The highest BCUT2D eigenvalue weighted by Crippen LogP contribution is 2.37. The number of hydrogen-bond donors (Lipinski definition) is 1. The Kier molecular flexibility index (Phi) is 1.89. The first-order valence-corrected chi connectivity index (χ1v) is 5.22. The van der Waals surface area contributed by atoms with Gasteiger partial charge in [-0.05, 0) is 12.8 Å². The van der Waals surface area contributed by atoms with E-state index in [-0.39, 0.29) is 5.91 Å². The first kappa shape index (κ1) is 9.26. The van der Waals surface area contributed by atoms with E-state index in [0.29, 0.717) is 11.7 Å². The van der Waals surface area contributed by atoms with Crippen molar-refractivity contribution >= 4 is 22.6 Å². The maximum atomic E-state index is 11.1. The van der Waals surface area contributed by atoms with Gasteiger partial charge in [-0.15, -0.1) is 5.10 Å². The second kappa shape index (κ2) is 3.26. The SMILES string of the molecule is CC(=O)Nc1cncc2nnn(C3CC3)c12. The maximum Gasteiger partial charge on any atom is 0.221 e. The maximum absolute atomic E-state index is 11.1. The quantitative estimate of drug-likeness (QED) is 0.818. The van der Waals surface area contributed by atoms with Gasteiger partial charge in [0.15, 0.2) is 0 Å². The number of hydrogen-bond acceptors (Lipinski definition) is 4. The van der Waals surface area contributed by atoms with E-state index in [1.54, 1.807) is 12.4 Å². The van der Waals surface area contributed by atoms with Crippen LogP contribution in [-0.2, 0) is 4.79 Å². The Hall–Kier alpha value is -1.98. The van der Waals surface area contributed by atoms with Crippen molar-refractivity contribution in [3.8, 4) is 0 Å². The first-order valence-electron chi connectivity index (χ1n) is 5.22. The summed E-state index contributed by atoms with van der Waals surface area (Å²) in [4.78, 5) is 15.1. The topological polar surface area (TPSA) is 72.7 Å². The Morgan fingerprint density at radius 3 is 3.00 bits per heavy atom. The minimum atomic E-state index is -0.113. The molecule has 0 aromatic carbocycles. The number of rotatable bonds is 2. The smallest absolute Gasteiger partial charge is 0.221 e. The highest BCUT2D eigenvalue weighted by Gasteiger charge is 2.27. The summed E-state index contributed by atoms with van der Waals surface area (Å²) in [6, 6.07) is 0.430. The molecule has 0 unspecified atom stereocenters. The molecule has 2 heterocycles. The number of aromatic nitrogens is 4. The van der Waals surface area contributed by atoms with Crippen molar-refractivity contribution < 1.29 is 4.79 Å². The van der Waals surface area contributed by atoms with E-state index >= 15 is 0 Å². The number of pyridine rings is 1. The fourth-order valence-electron chi connectivity index (χ4n) is 1.75. The number of nitrogens with one attached hydrogen (secondary N) is 1. The van der Waals surface area contributed by atoms with Gasteiger partial charge in [-0.2, -0.15) is 0 Å². The Balaban J connectivity index is 2.17. The summed E-state index contributed by atoms with van der Waals surface area (Å²) in [7, 11) is 0. The molecule has 82 valence electrons. The van der Waals surface area contributed by atoms with E-state index in [4.69, 9.17) is 0 Å². The molecule has 0 bridgehead atoms. The Labute approximate surface area is 91.7 Å². The summed E-state index contributed by atoms with van der Waals surface area (Å²) >= 11 is 0. The minimum absolute atomic E-state index is 0.113. The number of fused-ring (bicyclic) bond motifs is 1.